The van der Waals surface area contributed by atoms with Crippen molar-refractivity contribution in [2.75, 3.05) is 20.6 Å². The first kappa shape index (κ1) is 15.1. The second kappa shape index (κ2) is 7.40. The molecule has 0 aliphatic carbocycles. The maximum atomic E-state index is 10.5. The molecule has 0 unspecified atom stereocenters. The van der Waals surface area contributed by atoms with Gasteiger partial charge < -0.3 is 15.1 Å². The maximum absolute atomic E-state index is 10.5. The summed E-state index contributed by atoms with van der Waals surface area (Å²) in [6.45, 7) is 3.26. The highest BCUT2D eigenvalue weighted by molar-refractivity contribution is 6.01. The van der Waals surface area contributed by atoms with E-state index in [-0.39, 0.29) is 11.1 Å². The summed E-state index contributed by atoms with van der Waals surface area (Å²) in [7, 11) is 4.11. The quantitative estimate of drug-likeness (QED) is 0.838. The molecule has 1 rings (SSSR count). The van der Waals surface area contributed by atoms with Crippen LogP contribution >= 0.6 is 0 Å². The van der Waals surface area contributed by atoms with Gasteiger partial charge in [-0.15, -0.1) is 0 Å². The van der Waals surface area contributed by atoms with Gasteiger partial charge in [-0.1, -0.05) is 19.1 Å². The van der Waals surface area contributed by atoms with Crippen LogP contribution in [0.1, 0.15) is 27.6 Å². The zero-order valence-electron chi connectivity index (χ0n) is 10.2. The normalized spacial score (nSPS) is 9.41. The molecule has 0 radical (unpaired) electrons. The lowest BCUT2D eigenvalue weighted by atomic mass is 10.1. The number of carboxylic acids is 2. The van der Waals surface area contributed by atoms with Crippen LogP contribution in [0.15, 0.2) is 24.3 Å². The van der Waals surface area contributed by atoms with Crippen molar-refractivity contribution >= 4 is 11.9 Å². The van der Waals surface area contributed by atoms with E-state index in [1.807, 2.05) is 0 Å². The van der Waals surface area contributed by atoms with Gasteiger partial charge in [0.2, 0.25) is 0 Å². The van der Waals surface area contributed by atoms with Crippen LogP contribution in [0.4, 0.5) is 0 Å². The molecule has 5 heteroatoms. The number of aromatic carboxylic acids is 2. The number of benzene rings is 1. The molecule has 0 spiro atoms. The Morgan fingerprint density at radius 2 is 1.35 bits per heavy atom. The number of rotatable bonds is 3. The number of nitrogens with zero attached hydrogens (tertiary/aromatic N) is 1. The molecule has 0 aromatic heterocycles. The average Bonchev–Trinajstić information content (AvgIpc) is 2.29. The van der Waals surface area contributed by atoms with E-state index < -0.39 is 11.9 Å². The molecule has 0 aliphatic rings. The van der Waals surface area contributed by atoms with Crippen molar-refractivity contribution in [1.29, 1.82) is 0 Å². The van der Waals surface area contributed by atoms with Crippen LogP contribution in [0.5, 0.6) is 0 Å². The Morgan fingerprint density at radius 1 is 1.06 bits per heavy atom. The van der Waals surface area contributed by atoms with Crippen molar-refractivity contribution in [1.82, 2.24) is 4.90 Å². The molecule has 0 fully saturated rings. The molecular formula is C12H17NO4. The lowest BCUT2D eigenvalue weighted by Crippen LogP contribution is -2.08. The van der Waals surface area contributed by atoms with E-state index in [0.717, 1.165) is 6.54 Å². The van der Waals surface area contributed by atoms with Gasteiger partial charge in [0.05, 0.1) is 11.1 Å². The molecular weight excluding hydrogens is 222 g/mol. The van der Waals surface area contributed by atoms with Crippen molar-refractivity contribution in [3.05, 3.63) is 35.4 Å². The summed E-state index contributed by atoms with van der Waals surface area (Å²) in [5.41, 5.74) is -0.380. The molecule has 0 bridgehead atoms. The zero-order chi connectivity index (χ0) is 13.4. The Hall–Kier alpha value is -1.88. The fourth-order valence-corrected chi connectivity index (χ4v) is 0.856. The van der Waals surface area contributed by atoms with Crippen molar-refractivity contribution in [3.63, 3.8) is 0 Å². The summed E-state index contributed by atoms with van der Waals surface area (Å²) >= 11 is 0. The smallest absolute Gasteiger partial charge is 0.336 e. The number of hydrogen-bond acceptors (Lipinski definition) is 3. The van der Waals surface area contributed by atoms with Gasteiger partial charge in [-0.05, 0) is 32.8 Å². The Labute approximate surface area is 100 Å². The van der Waals surface area contributed by atoms with Crippen molar-refractivity contribution in [2.24, 2.45) is 0 Å². The highest BCUT2D eigenvalue weighted by Crippen LogP contribution is 2.07. The summed E-state index contributed by atoms with van der Waals surface area (Å²) < 4.78 is 0. The lowest BCUT2D eigenvalue weighted by molar-refractivity contribution is 0.0651. The first-order valence-electron chi connectivity index (χ1n) is 5.10. The molecule has 17 heavy (non-hydrogen) atoms. The zero-order valence-corrected chi connectivity index (χ0v) is 10.2. The van der Waals surface area contributed by atoms with E-state index in [9.17, 15) is 9.59 Å². The number of carbonyl (C=O) groups is 2. The highest BCUT2D eigenvalue weighted by Gasteiger charge is 2.13. The second-order valence-electron chi connectivity index (χ2n) is 3.55. The maximum Gasteiger partial charge on any atom is 0.336 e. The summed E-state index contributed by atoms with van der Waals surface area (Å²) in [5, 5.41) is 17.1. The van der Waals surface area contributed by atoms with Crippen molar-refractivity contribution in [2.45, 2.75) is 6.92 Å². The molecule has 0 atom stereocenters. The third-order valence-electron chi connectivity index (χ3n) is 2.02. The summed E-state index contributed by atoms with van der Waals surface area (Å²) in [6, 6.07) is 5.48. The Kier molecular flexibility index (Phi) is 6.58. The Morgan fingerprint density at radius 3 is 1.53 bits per heavy atom. The summed E-state index contributed by atoms with van der Waals surface area (Å²) in [4.78, 5) is 23.1. The average molecular weight is 239 g/mol. The van der Waals surface area contributed by atoms with E-state index in [0.29, 0.717) is 0 Å². The van der Waals surface area contributed by atoms with Gasteiger partial charge in [-0.3, -0.25) is 0 Å². The van der Waals surface area contributed by atoms with Gasteiger partial charge in [0.15, 0.2) is 0 Å². The second-order valence-corrected chi connectivity index (χ2v) is 3.55. The van der Waals surface area contributed by atoms with Gasteiger partial charge in [0.25, 0.3) is 0 Å². The SMILES string of the molecule is CCN(C)C.O=C(O)c1ccccc1C(=O)O. The predicted octanol–water partition coefficient (Wildman–Crippen LogP) is 1.65. The standard InChI is InChI=1S/C8H6O4.C4H11N/c9-7(10)5-3-1-2-4-6(5)8(11)12;1-4-5(2)3/h1-4H,(H,9,10)(H,11,12);4H2,1-3H3. The van der Waals surface area contributed by atoms with Crippen molar-refractivity contribution in [3.8, 4) is 0 Å². The van der Waals surface area contributed by atoms with Crippen LogP contribution in [0.25, 0.3) is 0 Å². The topological polar surface area (TPSA) is 77.8 Å². The number of carboxylic acid groups (broad SMARTS) is 2. The predicted molar refractivity (Wildman–Crippen MR) is 64.6 cm³/mol. The van der Waals surface area contributed by atoms with Gasteiger partial charge in [0, 0.05) is 0 Å². The molecule has 5 nitrogen and oxygen atoms in total. The monoisotopic (exact) mass is 239 g/mol. The lowest BCUT2D eigenvalue weighted by Gasteiger charge is -2.00. The third kappa shape index (κ3) is 5.67. The first-order valence-corrected chi connectivity index (χ1v) is 5.10. The van der Waals surface area contributed by atoms with E-state index in [2.05, 4.69) is 25.9 Å². The van der Waals surface area contributed by atoms with Gasteiger partial charge in [0.1, 0.15) is 0 Å². The van der Waals surface area contributed by atoms with Gasteiger partial charge in [-0.25, -0.2) is 9.59 Å². The van der Waals surface area contributed by atoms with Gasteiger partial charge >= 0.3 is 11.9 Å². The minimum absolute atomic E-state index is 0.190. The molecule has 94 valence electrons. The van der Waals surface area contributed by atoms with Crippen LogP contribution in [0, 0.1) is 0 Å². The Bertz CT molecular complexity index is 355. The molecule has 0 aliphatic heterocycles. The molecule has 0 saturated heterocycles. The van der Waals surface area contributed by atoms with E-state index in [1.54, 1.807) is 0 Å². The molecule has 1 aromatic carbocycles. The largest absolute Gasteiger partial charge is 0.478 e. The fraction of sp³-hybridized carbons (Fsp3) is 0.333. The van der Waals surface area contributed by atoms with E-state index >= 15 is 0 Å². The third-order valence-corrected chi connectivity index (χ3v) is 2.02. The highest BCUT2D eigenvalue weighted by atomic mass is 16.4. The van der Waals surface area contributed by atoms with Gasteiger partial charge in [-0.2, -0.15) is 0 Å². The van der Waals surface area contributed by atoms with Crippen LogP contribution < -0.4 is 0 Å². The summed E-state index contributed by atoms with van der Waals surface area (Å²) in [6.07, 6.45) is 0. The van der Waals surface area contributed by atoms with E-state index in [1.165, 1.54) is 24.3 Å². The minimum atomic E-state index is -1.23. The van der Waals surface area contributed by atoms with Crippen LogP contribution in [0.2, 0.25) is 0 Å². The van der Waals surface area contributed by atoms with Crippen LogP contribution in [0.3, 0.4) is 0 Å². The van der Waals surface area contributed by atoms with E-state index in [4.69, 9.17) is 10.2 Å². The molecule has 1 aromatic rings. The number of hydrogen-bond donors (Lipinski definition) is 2. The first-order chi connectivity index (χ1) is 7.90. The molecule has 0 amide bonds. The molecule has 2 N–H and O–H groups in total. The fourth-order valence-electron chi connectivity index (χ4n) is 0.856. The summed E-state index contributed by atoms with van der Waals surface area (Å²) in [5.74, 6) is -2.46. The van der Waals surface area contributed by atoms with Crippen molar-refractivity contribution < 1.29 is 19.8 Å². The Balaban J connectivity index is 0.000000437. The molecule has 0 saturated carbocycles. The minimum Gasteiger partial charge on any atom is -0.478 e. The molecule has 0 heterocycles. The van der Waals surface area contributed by atoms with Crippen LogP contribution in [-0.2, 0) is 0 Å². The van der Waals surface area contributed by atoms with Crippen LogP contribution in [-0.4, -0.2) is 47.7 Å².